The Bertz CT molecular complexity index is 621. The number of thiophene rings is 1. The first kappa shape index (κ1) is 11.9. The molecule has 0 aromatic carbocycles. The molecule has 0 unspecified atom stereocenters. The zero-order valence-corrected chi connectivity index (χ0v) is 12.0. The molecule has 1 N–H and O–H groups in total. The molecule has 3 heterocycles. The van der Waals surface area contributed by atoms with Crippen LogP contribution in [0.5, 0.6) is 11.5 Å². The highest BCUT2D eigenvalue weighted by molar-refractivity contribution is 9.11. The smallest absolute Gasteiger partial charge is 0.348 e. The van der Waals surface area contributed by atoms with E-state index < -0.39 is 5.97 Å². The quantitative estimate of drug-likeness (QED) is 0.903. The van der Waals surface area contributed by atoms with Gasteiger partial charge in [-0.3, -0.25) is 0 Å². The van der Waals surface area contributed by atoms with Gasteiger partial charge in [0.05, 0.1) is 5.51 Å². The molecular weight excluding hydrogens is 342 g/mol. The van der Waals surface area contributed by atoms with Crippen LogP contribution < -0.4 is 9.47 Å². The van der Waals surface area contributed by atoms with Crippen LogP contribution in [0.4, 0.5) is 0 Å². The molecule has 0 radical (unpaired) electrons. The van der Waals surface area contributed by atoms with Crippen molar-refractivity contribution in [1.82, 2.24) is 4.98 Å². The minimum atomic E-state index is -0.984. The lowest BCUT2D eigenvalue weighted by Crippen LogP contribution is -2.14. The molecule has 0 atom stereocenters. The summed E-state index contributed by atoms with van der Waals surface area (Å²) in [5, 5.41) is 9.12. The number of hydrogen-bond acceptors (Lipinski definition) is 6. The van der Waals surface area contributed by atoms with Gasteiger partial charge in [0.25, 0.3) is 0 Å². The summed E-state index contributed by atoms with van der Waals surface area (Å²) in [6, 6.07) is 0. The predicted octanol–water partition coefficient (Wildman–Crippen LogP) is 3.10. The van der Waals surface area contributed by atoms with Gasteiger partial charge in [-0.15, -0.1) is 22.7 Å². The summed E-state index contributed by atoms with van der Waals surface area (Å²) in [5.41, 5.74) is 1.95. The Morgan fingerprint density at radius 1 is 1.39 bits per heavy atom. The summed E-state index contributed by atoms with van der Waals surface area (Å²) < 4.78 is 11.8. The first-order valence-electron chi connectivity index (χ1n) is 4.93. The second kappa shape index (κ2) is 4.52. The number of aromatic carboxylic acids is 1. The molecule has 18 heavy (non-hydrogen) atoms. The lowest BCUT2D eigenvalue weighted by atomic mass is 10.2. The summed E-state index contributed by atoms with van der Waals surface area (Å²) >= 11 is 5.86. The van der Waals surface area contributed by atoms with Crippen LogP contribution in [0.1, 0.15) is 9.67 Å². The third-order valence-corrected chi connectivity index (χ3v) is 4.94. The molecular formula is C10H6BrNO4S2. The lowest BCUT2D eigenvalue weighted by molar-refractivity contribution is 0.0702. The molecule has 0 aliphatic carbocycles. The van der Waals surface area contributed by atoms with Gasteiger partial charge in [-0.25, -0.2) is 9.78 Å². The van der Waals surface area contributed by atoms with Crippen LogP contribution in [-0.2, 0) is 0 Å². The maximum atomic E-state index is 11.1. The van der Waals surface area contributed by atoms with E-state index >= 15 is 0 Å². The summed E-state index contributed by atoms with van der Waals surface area (Å²) in [7, 11) is 0. The minimum Gasteiger partial charge on any atom is -0.484 e. The number of halogens is 1. The van der Waals surface area contributed by atoms with Gasteiger partial charge >= 0.3 is 5.97 Å². The summed E-state index contributed by atoms with van der Waals surface area (Å²) in [6.45, 7) is 0.945. The number of aromatic nitrogens is 1. The number of rotatable bonds is 2. The molecule has 5 nitrogen and oxygen atoms in total. The number of hydrogen-bond donors (Lipinski definition) is 1. The number of carbonyl (C=O) groups is 1. The average Bonchev–Trinajstić information content (AvgIpc) is 2.95. The van der Waals surface area contributed by atoms with Crippen molar-refractivity contribution in [2.24, 2.45) is 0 Å². The number of nitrogens with zero attached hydrogens (tertiary/aromatic N) is 1. The maximum absolute atomic E-state index is 11.1. The fourth-order valence-electron chi connectivity index (χ4n) is 1.63. The topological polar surface area (TPSA) is 68.7 Å². The third kappa shape index (κ3) is 1.80. The predicted molar refractivity (Wildman–Crippen MR) is 71.1 cm³/mol. The fourth-order valence-corrected chi connectivity index (χ4v) is 4.03. The molecule has 0 saturated heterocycles. The van der Waals surface area contributed by atoms with E-state index in [4.69, 9.17) is 14.6 Å². The zero-order valence-electron chi connectivity index (χ0n) is 8.81. The van der Waals surface area contributed by atoms with Crippen molar-refractivity contribution in [2.75, 3.05) is 13.2 Å². The fraction of sp³-hybridized carbons (Fsp3) is 0.200. The zero-order chi connectivity index (χ0) is 12.7. The SMILES string of the molecule is O=C(O)c1scnc1-c1sc(Br)c2c1OCCO2. The number of carboxylic acids is 1. The summed E-state index contributed by atoms with van der Waals surface area (Å²) in [5.74, 6) is 0.222. The molecule has 1 aliphatic heterocycles. The standard InChI is InChI=1S/C10H6BrNO4S2/c11-9-6-5(15-1-2-16-6)7(18-9)4-8(10(13)14)17-3-12-4/h3H,1-2H2,(H,13,14). The monoisotopic (exact) mass is 347 g/mol. The van der Waals surface area contributed by atoms with Gasteiger partial charge in [0.2, 0.25) is 0 Å². The molecule has 0 saturated carbocycles. The van der Waals surface area contributed by atoms with Crippen molar-refractivity contribution in [2.45, 2.75) is 0 Å². The van der Waals surface area contributed by atoms with Gasteiger partial charge in [0.1, 0.15) is 32.4 Å². The Labute approximate surface area is 118 Å². The Balaban J connectivity index is 2.17. The molecule has 3 rings (SSSR count). The molecule has 2 aromatic rings. The summed E-state index contributed by atoms with van der Waals surface area (Å²) in [6.07, 6.45) is 0. The Morgan fingerprint density at radius 2 is 2.11 bits per heavy atom. The highest BCUT2D eigenvalue weighted by Gasteiger charge is 2.28. The molecule has 0 fully saturated rings. The largest absolute Gasteiger partial charge is 0.484 e. The van der Waals surface area contributed by atoms with Crippen LogP contribution in [0.15, 0.2) is 9.30 Å². The van der Waals surface area contributed by atoms with Gasteiger partial charge in [0.15, 0.2) is 11.5 Å². The van der Waals surface area contributed by atoms with E-state index in [1.54, 1.807) is 0 Å². The van der Waals surface area contributed by atoms with E-state index in [0.29, 0.717) is 35.3 Å². The number of ether oxygens (including phenoxy) is 2. The van der Waals surface area contributed by atoms with Gasteiger partial charge in [0, 0.05) is 0 Å². The van der Waals surface area contributed by atoms with Crippen molar-refractivity contribution < 1.29 is 19.4 Å². The average molecular weight is 348 g/mol. The number of carboxylic acid groups (broad SMARTS) is 1. The van der Waals surface area contributed by atoms with E-state index in [-0.39, 0.29) is 4.88 Å². The molecule has 94 valence electrons. The van der Waals surface area contributed by atoms with Crippen molar-refractivity contribution in [3.63, 3.8) is 0 Å². The molecule has 0 bridgehead atoms. The van der Waals surface area contributed by atoms with E-state index in [1.165, 1.54) is 16.8 Å². The van der Waals surface area contributed by atoms with Gasteiger partial charge in [-0.2, -0.15) is 0 Å². The summed E-state index contributed by atoms with van der Waals surface area (Å²) in [4.78, 5) is 16.1. The van der Waals surface area contributed by atoms with Crippen molar-refractivity contribution in [3.8, 4) is 22.1 Å². The van der Waals surface area contributed by atoms with Crippen molar-refractivity contribution in [3.05, 3.63) is 14.2 Å². The van der Waals surface area contributed by atoms with Gasteiger partial charge in [-0.05, 0) is 15.9 Å². The molecule has 0 spiro atoms. The molecule has 8 heteroatoms. The molecule has 0 amide bonds. The van der Waals surface area contributed by atoms with Crippen LogP contribution in [-0.4, -0.2) is 29.3 Å². The van der Waals surface area contributed by atoms with Gasteiger partial charge in [-0.1, -0.05) is 0 Å². The lowest BCUT2D eigenvalue weighted by Gasteiger charge is -2.16. The van der Waals surface area contributed by atoms with E-state index in [0.717, 1.165) is 15.1 Å². The number of thiazole rings is 1. The van der Waals surface area contributed by atoms with Crippen LogP contribution in [0.2, 0.25) is 0 Å². The van der Waals surface area contributed by atoms with E-state index in [1.807, 2.05) is 0 Å². The minimum absolute atomic E-state index is 0.209. The number of fused-ring (bicyclic) bond motifs is 1. The first-order chi connectivity index (χ1) is 8.68. The highest BCUT2D eigenvalue weighted by atomic mass is 79.9. The Morgan fingerprint density at radius 3 is 2.83 bits per heavy atom. The van der Waals surface area contributed by atoms with Crippen molar-refractivity contribution in [1.29, 1.82) is 0 Å². The third-order valence-electron chi connectivity index (χ3n) is 2.34. The normalized spacial score (nSPS) is 13.6. The van der Waals surface area contributed by atoms with Crippen LogP contribution in [0.3, 0.4) is 0 Å². The molecule has 1 aliphatic rings. The van der Waals surface area contributed by atoms with Crippen LogP contribution in [0, 0.1) is 0 Å². The van der Waals surface area contributed by atoms with Crippen LogP contribution >= 0.6 is 38.6 Å². The van der Waals surface area contributed by atoms with E-state index in [9.17, 15) is 4.79 Å². The maximum Gasteiger partial charge on any atom is 0.348 e. The Kier molecular flexibility index (Phi) is 3.00. The molecule has 2 aromatic heterocycles. The Hall–Kier alpha value is -1.12. The second-order valence-corrected chi connectivity index (χ2v) is 6.59. The second-order valence-electron chi connectivity index (χ2n) is 3.40. The van der Waals surface area contributed by atoms with Crippen LogP contribution in [0.25, 0.3) is 10.6 Å². The highest BCUT2D eigenvalue weighted by Crippen LogP contribution is 2.52. The van der Waals surface area contributed by atoms with Crippen molar-refractivity contribution >= 4 is 44.6 Å². The first-order valence-corrected chi connectivity index (χ1v) is 7.42. The van der Waals surface area contributed by atoms with Gasteiger partial charge < -0.3 is 14.6 Å². The van der Waals surface area contributed by atoms with E-state index in [2.05, 4.69) is 20.9 Å².